The lowest BCUT2D eigenvalue weighted by Gasteiger charge is -2.19. The number of thiophene rings is 1. The van der Waals surface area contributed by atoms with Crippen molar-refractivity contribution in [3.05, 3.63) is 55.9 Å². The average Bonchev–Trinajstić information content (AvgIpc) is 2.78. The summed E-state index contributed by atoms with van der Waals surface area (Å²) >= 11 is 5.16. The highest BCUT2D eigenvalue weighted by Crippen LogP contribution is 2.27. The molecule has 0 saturated carbocycles. The van der Waals surface area contributed by atoms with Crippen LogP contribution in [0.4, 0.5) is 4.39 Å². The average molecular weight is 342 g/mol. The third-order valence-corrected chi connectivity index (χ3v) is 4.79. The van der Waals surface area contributed by atoms with Gasteiger partial charge in [0.1, 0.15) is 5.82 Å². The molecule has 1 aromatic heterocycles. The third kappa shape index (κ3) is 3.65. The van der Waals surface area contributed by atoms with E-state index in [1.54, 1.807) is 11.3 Å². The van der Waals surface area contributed by atoms with Crippen LogP contribution in [0.3, 0.4) is 0 Å². The van der Waals surface area contributed by atoms with Gasteiger partial charge in [0.15, 0.2) is 0 Å². The minimum absolute atomic E-state index is 0.0236. The number of aryl methyl sites for hydroxylation is 1. The number of nitrogens with one attached hydrogen (secondary N) is 1. The summed E-state index contributed by atoms with van der Waals surface area (Å²) in [5.74, 6) is -0.0935. The summed E-state index contributed by atoms with van der Waals surface area (Å²) in [6.45, 7) is 4.68. The van der Waals surface area contributed by atoms with Crippen LogP contribution in [0.1, 0.15) is 29.0 Å². The summed E-state index contributed by atoms with van der Waals surface area (Å²) in [6.07, 6.45) is 0.810. The number of likely N-dealkylation sites (N-methyl/N-ethyl adjacent to an activating group) is 1. The van der Waals surface area contributed by atoms with Crippen molar-refractivity contribution < 1.29 is 4.39 Å². The maximum Gasteiger partial charge on any atom is 0.130 e. The van der Waals surface area contributed by atoms with Crippen molar-refractivity contribution in [1.82, 2.24) is 5.32 Å². The van der Waals surface area contributed by atoms with Gasteiger partial charge < -0.3 is 5.32 Å². The van der Waals surface area contributed by atoms with E-state index >= 15 is 0 Å². The van der Waals surface area contributed by atoms with Gasteiger partial charge >= 0.3 is 0 Å². The van der Waals surface area contributed by atoms with Gasteiger partial charge in [0.2, 0.25) is 0 Å². The second-order valence-corrected chi connectivity index (χ2v) is 6.44. The van der Waals surface area contributed by atoms with Crippen molar-refractivity contribution in [1.29, 1.82) is 0 Å². The molecule has 2 rings (SSSR count). The molecule has 1 aromatic carbocycles. The molecule has 0 bridgehead atoms. The van der Waals surface area contributed by atoms with Crippen LogP contribution in [-0.4, -0.2) is 6.54 Å². The molecule has 0 aliphatic rings. The molecule has 1 unspecified atom stereocenters. The Hall–Kier alpha value is -0.710. The maximum absolute atomic E-state index is 14.2. The first-order valence-electron chi connectivity index (χ1n) is 6.33. The molecule has 1 heterocycles. The summed E-state index contributed by atoms with van der Waals surface area (Å²) in [5.41, 5.74) is 1.46. The Labute approximate surface area is 126 Å². The molecule has 19 heavy (non-hydrogen) atoms. The number of rotatable bonds is 5. The van der Waals surface area contributed by atoms with E-state index in [0.717, 1.165) is 23.0 Å². The lowest BCUT2D eigenvalue weighted by molar-refractivity contribution is 0.509. The van der Waals surface area contributed by atoms with Crippen LogP contribution in [0.15, 0.2) is 34.1 Å². The monoisotopic (exact) mass is 341 g/mol. The highest BCUT2D eigenvalue weighted by molar-refractivity contribution is 9.10. The second kappa shape index (κ2) is 6.64. The fourth-order valence-corrected chi connectivity index (χ4v) is 3.64. The summed E-state index contributed by atoms with van der Waals surface area (Å²) in [5, 5.41) is 5.44. The highest BCUT2D eigenvalue weighted by Gasteiger charge is 2.17. The summed E-state index contributed by atoms with van der Waals surface area (Å²) in [4.78, 5) is 1.25. The topological polar surface area (TPSA) is 12.0 Å². The van der Waals surface area contributed by atoms with Crippen LogP contribution in [0, 0.1) is 12.7 Å². The van der Waals surface area contributed by atoms with Crippen molar-refractivity contribution in [2.45, 2.75) is 26.3 Å². The Morgan fingerprint density at radius 2 is 2.21 bits per heavy atom. The third-order valence-electron chi connectivity index (χ3n) is 3.07. The van der Waals surface area contributed by atoms with Crippen molar-refractivity contribution in [2.75, 3.05) is 6.54 Å². The summed E-state index contributed by atoms with van der Waals surface area (Å²) in [7, 11) is 0. The van der Waals surface area contributed by atoms with E-state index in [1.807, 2.05) is 32.0 Å². The zero-order valence-corrected chi connectivity index (χ0v) is 13.4. The van der Waals surface area contributed by atoms with Gasteiger partial charge in [-0.15, -0.1) is 11.3 Å². The molecule has 1 atom stereocenters. The number of benzene rings is 1. The zero-order chi connectivity index (χ0) is 13.8. The van der Waals surface area contributed by atoms with Crippen molar-refractivity contribution >= 4 is 27.3 Å². The lowest BCUT2D eigenvalue weighted by Crippen LogP contribution is -2.23. The molecular formula is C15H17BrFNS. The van der Waals surface area contributed by atoms with Gasteiger partial charge in [0.05, 0.1) is 0 Å². The fraction of sp³-hybridized carbons (Fsp3) is 0.333. The normalized spacial score (nSPS) is 12.6. The quantitative estimate of drug-likeness (QED) is 0.819. The molecule has 4 heteroatoms. The molecule has 102 valence electrons. The number of halogens is 2. The summed E-state index contributed by atoms with van der Waals surface area (Å²) in [6, 6.07) is 7.72. The molecule has 1 nitrogen and oxygen atoms in total. The summed E-state index contributed by atoms with van der Waals surface area (Å²) < 4.78 is 15.3. The largest absolute Gasteiger partial charge is 0.310 e. The van der Waals surface area contributed by atoms with Crippen molar-refractivity contribution in [3.63, 3.8) is 0 Å². The first-order chi connectivity index (χ1) is 9.11. The minimum Gasteiger partial charge on any atom is -0.310 e. The van der Waals surface area contributed by atoms with Gasteiger partial charge in [-0.25, -0.2) is 4.39 Å². The van der Waals surface area contributed by atoms with Crippen LogP contribution in [0.25, 0.3) is 0 Å². The zero-order valence-electron chi connectivity index (χ0n) is 11.0. The van der Waals surface area contributed by atoms with Crippen LogP contribution in [0.5, 0.6) is 0 Å². The van der Waals surface area contributed by atoms with E-state index in [9.17, 15) is 4.39 Å². The predicted molar refractivity (Wildman–Crippen MR) is 83.3 cm³/mol. The van der Waals surface area contributed by atoms with E-state index in [1.165, 1.54) is 4.88 Å². The Morgan fingerprint density at radius 1 is 1.42 bits per heavy atom. The van der Waals surface area contributed by atoms with Gasteiger partial charge in [0.25, 0.3) is 0 Å². The van der Waals surface area contributed by atoms with Crippen molar-refractivity contribution in [2.24, 2.45) is 0 Å². The second-order valence-electron chi connectivity index (χ2n) is 4.52. The van der Waals surface area contributed by atoms with Gasteiger partial charge in [-0.3, -0.25) is 0 Å². The lowest BCUT2D eigenvalue weighted by atomic mass is 10.00. The molecule has 0 saturated heterocycles. The molecule has 0 aliphatic heterocycles. The molecule has 2 aromatic rings. The van der Waals surface area contributed by atoms with E-state index < -0.39 is 0 Å². The van der Waals surface area contributed by atoms with Crippen LogP contribution >= 0.6 is 27.3 Å². The van der Waals surface area contributed by atoms with Crippen molar-refractivity contribution in [3.8, 4) is 0 Å². The van der Waals surface area contributed by atoms with E-state index in [-0.39, 0.29) is 11.9 Å². The minimum atomic E-state index is -0.0935. The molecule has 0 spiro atoms. The van der Waals surface area contributed by atoms with Crippen LogP contribution in [0.2, 0.25) is 0 Å². The van der Waals surface area contributed by atoms with Gasteiger partial charge in [0, 0.05) is 32.8 Å². The molecule has 1 N–H and O–H groups in total. The van der Waals surface area contributed by atoms with Gasteiger partial charge in [-0.1, -0.05) is 25.1 Å². The van der Waals surface area contributed by atoms with Crippen LogP contribution < -0.4 is 5.32 Å². The standard InChI is InChI=1S/C15H17BrFNS/c1-3-18-14(8-12-7-11(16)9-19-12)13-6-4-5-10(2)15(13)17/h4-7,9,14,18H,3,8H2,1-2H3. The molecule has 0 aliphatic carbocycles. The first-order valence-corrected chi connectivity index (χ1v) is 8.00. The molecule has 0 fully saturated rings. The van der Waals surface area contributed by atoms with E-state index in [2.05, 4.69) is 32.7 Å². The highest BCUT2D eigenvalue weighted by atomic mass is 79.9. The van der Waals surface area contributed by atoms with E-state index in [4.69, 9.17) is 0 Å². The Bertz CT molecular complexity index is 553. The van der Waals surface area contributed by atoms with Gasteiger partial charge in [-0.2, -0.15) is 0 Å². The first kappa shape index (κ1) is 14.7. The molecule has 0 radical (unpaired) electrons. The fourth-order valence-electron chi connectivity index (χ4n) is 2.14. The number of hydrogen-bond donors (Lipinski definition) is 1. The SMILES string of the molecule is CCNC(Cc1cc(Br)cs1)c1cccc(C)c1F. The Morgan fingerprint density at radius 3 is 2.84 bits per heavy atom. The number of hydrogen-bond acceptors (Lipinski definition) is 2. The smallest absolute Gasteiger partial charge is 0.130 e. The maximum atomic E-state index is 14.2. The van der Waals surface area contributed by atoms with Gasteiger partial charge in [-0.05, 0) is 41.0 Å². The Kier molecular flexibility index (Phi) is 5.13. The van der Waals surface area contributed by atoms with E-state index in [0.29, 0.717) is 5.56 Å². The van der Waals surface area contributed by atoms with Crippen LogP contribution in [-0.2, 0) is 6.42 Å². The Balaban J connectivity index is 2.26. The predicted octanol–water partition coefficient (Wildman–Crippen LogP) is 4.85. The molecule has 0 amide bonds. The molecular weight excluding hydrogens is 325 g/mol.